The predicted molar refractivity (Wildman–Crippen MR) is 92.9 cm³/mol. The zero-order valence-corrected chi connectivity index (χ0v) is 15.4. The molecule has 1 unspecified atom stereocenters. The number of carbonyl (C=O) groups excluding carboxylic acids is 1. The van der Waals surface area contributed by atoms with E-state index in [0.29, 0.717) is 6.54 Å². The Hall–Kier alpha value is -1.11. The first kappa shape index (κ1) is 19.9. The molecule has 23 heavy (non-hydrogen) atoms. The number of rotatable bonds is 6. The molecule has 2 N–H and O–H groups in total. The van der Waals surface area contributed by atoms with Gasteiger partial charge in [0.2, 0.25) is 5.91 Å². The van der Waals surface area contributed by atoms with Gasteiger partial charge in [-0.2, -0.15) is 5.10 Å². The quantitative estimate of drug-likeness (QED) is 0.820. The fraction of sp³-hybridized carbons (Fsp3) is 0.750. The first-order valence-electron chi connectivity index (χ1n) is 7.87. The van der Waals surface area contributed by atoms with Gasteiger partial charge in [-0.05, 0) is 32.8 Å². The number of hydrogen-bond donors (Lipinski definition) is 2. The Morgan fingerprint density at radius 1 is 1.57 bits per heavy atom. The van der Waals surface area contributed by atoms with Gasteiger partial charge in [-0.25, -0.2) is 0 Å². The Labute approximate surface area is 144 Å². The van der Waals surface area contributed by atoms with E-state index in [2.05, 4.69) is 15.7 Å². The van der Waals surface area contributed by atoms with Crippen LogP contribution in [0.3, 0.4) is 0 Å². The van der Waals surface area contributed by atoms with Crippen LogP contribution in [-0.2, 0) is 16.6 Å². The highest BCUT2D eigenvalue weighted by atomic mass is 35.5. The van der Waals surface area contributed by atoms with E-state index in [1.165, 1.54) is 0 Å². The normalized spacial score (nSPS) is 22.5. The average molecular weight is 345 g/mol. The van der Waals surface area contributed by atoms with Crippen LogP contribution >= 0.6 is 12.4 Å². The third-order valence-electron chi connectivity index (χ3n) is 4.44. The molecule has 0 saturated carbocycles. The monoisotopic (exact) mass is 344 g/mol. The topological polar surface area (TPSA) is 68.2 Å². The van der Waals surface area contributed by atoms with Gasteiger partial charge in [0.25, 0.3) is 0 Å². The van der Waals surface area contributed by atoms with Crippen molar-refractivity contribution in [2.24, 2.45) is 13.0 Å². The summed E-state index contributed by atoms with van der Waals surface area (Å²) >= 11 is 0. The summed E-state index contributed by atoms with van der Waals surface area (Å²) in [6.07, 6.45) is 4.64. The van der Waals surface area contributed by atoms with Crippen LogP contribution < -0.4 is 10.6 Å². The van der Waals surface area contributed by atoms with Gasteiger partial charge in [0, 0.05) is 45.4 Å². The summed E-state index contributed by atoms with van der Waals surface area (Å²) in [6, 6.07) is 0.0811. The lowest BCUT2D eigenvalue weighted by Gasteiger charge is -2.28. The molecule has 0 spiro atoms. The van der Waals surface area contributed by atoms with Crippen LogP contribution in [0.5, 0.6) is 0 Å². The van der Waals surface area contributed by atoms with Gasteiger partial charge in [0.05, 0.1) is 17.7 Å². The highest BCUT2D eigenvalue weighted by molar-refractivity contribution is 5.85. The molecule has 1 aromatic heterocycles. The van der Waals surface area contributed by atoms with Crippen molar-refractivity contribution in [3.05, 3.63) is 18.0 Å². The van der Waals surface area contributed by atoms with E-state index in [1.54, 1.807) is 11.8 Å². The molecule has 1 fully saturated rings. The molecule has 7 heteroatoms. The van der Waals surface area contributed by atoms with Crippen LogP contribution in [0, 0.1) is 5.92 Å². The first-order chi connectivity index (χ1) is 10.3. The second-order valence-corrected chi connectivity index (χ2v) is 6.90. The Bertz CT molecular complexity index is 518. The molecule has 1 amide bonds. The van der Waals surface area contributed by atoms with Gasteiger partial charge in [-0.15, -0.1) is 12.4 Å². The lowest BCUT2D eigenvalue weighted by atomic mass is 9.89. The minimum Gasteiger partial charge on any atom is -0.379 e. The fourth-order valence-corrected chi connectivity index (χ4v) is 3.16. The minimum atomic E-state index is -0.233. The van der Waals surface area contributed by atoms with Gasteiger partial charge < -0.3 is 15.4 Å². The maximum absolute atomic E-state index is 12.6. The van der Waals surface area contributed by atoms with Gasteiger partial charge in [0.1, 0.15) is 0 Å². The molecule has 3 atom stereocenters. The van der Waals surface area contributed by atoms with E-state index < -0.39 is 0 Å². The highest BCUT2D eigenvalue weighted by Gasteiger charge is 2.35. The predicted octanol–water partition coefficient (Wildman–Crippen LogP) is 1.46. The molecule has 0 bridgehead atoms. The number of amides is 1. The number of carbonyl (C=O) groups is 1. The lowest BCUT2D eigenvalue weighted by molar-refractivity contribution is -0.125. The molecule has 2 heterocycles. The van der Waals surface area contributed by atoms with Crippen molar-refractivity contribution < 1.29 is 9.53 Å². The smallest absolute Gasteiger partial charge is 0.225 e. The third-order valence-corrected chi connectivity index (χ3v) is 4.44. The summed E-state index contributed by atoms with van der Waals surface area (Å²) in [6.45, 7) is 7.63. The van der Waals surface area contributed by atoms with Crippen molar-refractivity contribution >= 4 is 18.3 Å². The maximum Gasteiger partial charge on any atom is 0.225 e. The zero-order valence-electron chi connectivity index (χ0n) is 14.6. The molecular weight excluding hydrogens is 316 g/mol. The summed E-state index contributed by atoms with van der Waals surface area (Å²) in [4.78, 5) is 12.6. The number of halogens is 1. The molecule has 1 aliphatic heterocycles. The second kappa shape index (κ2) is 8.13. The van der Waals surface area contributed by atoms with Crippen molar-refractivity contribution in [1.82, 2.24) is 20.4 Å². The number of hydrogen-bond acceptors (Lipinski definition) is 4. The van der Waals surface area contributed by atoms with Gasteiger partial charge >= 0.3 is 0 Å². The van der Waals surface area contributed by atoms with E-state index in [4.69, 9.17) is 4.74 Å². The Balaban J connectivity index is 0.00000264. The number of nitrogens with one attached hydrogen (secondary N) is 2. The fourth-order valence-electron chi connectivity index (χ4n) is 3.16. The maximum atomic E-state index is 12.6. The summed E-state index contributed by atoms with van der Waals surface area (Å²) in [5.41, 5.74) is 0.890. The first-order valence-corrected chi connectivity index (χ1v) is 7.87. The van der Waals surface area contributed by atoms with Crippen LogP contribution in [0.2, 0.25) is 0 Å². The second-order valence-electron chi connectivity index (χ2n) is 6.90. The molecule has 1 saturated heterocycles. The van der Waals surface area contributed by atoms with Crippen molar-refractivity contribution in [3.8, 4) is 0 Å². The molecule has 2 rings (SSSR count). The van der Waals surface area contributed by atoms with Crippen molar-refractivity contribution in [2.75, 3.05) is 20.2 Å². The average Bonchev–Trinajstić information content (AvgIpc) is 3.05. The van der Waals surface area contributed by atoms with Crippen molar-refractivity contribution in [2.45, 2.75) is 44.8 Å². The van der Waals surface area contributed by atoms with Crippen LogP contribution in [0.4, 0.5) is 0 Å². The van der Waals surface area contributed by atoms with Crippen LogP contribution in [0.25, 0.3) is 0 Å². The number of aryl methyl sites for hydroxylation is 1. The van der Waals surface area contributed by atoms with E-state index in [-0.39, 0.29) is 41.8 Å². The van der Waals surface area contributed by atoms with Gasteiger partial charge in [-0.3, -0.25) is 9.48 Å². The van der Waals surface area contributed by atoms with Gasteiger partial charge in [0.15, 0.2) is 0 Å². The molecule has 132 valence electrons. The lowest BCUT2D eigenvalue weighted by Crippen LogP contribution is -2.43. The van der Waals surface area contributed by atoms with Gasteiger partial charge in [-0.1, -0.05) is 0 Å². The minimum absolute atomic E-state index is 0. The summed E-state index contributed by atoms with van der Waals surface area (Å²) in [5, 5.41) is 10.7. The summed E-state index contributed by atoms with van der Waals surface area (Å²) in [5.74, 6) is 0.256. The summed E-state index contributed by atoms with van der Waals surface area (Å²) < 4.78 is 7.22. The molecular formula is C16H29ClN4O2. The zero-order chi connectivity index (χ0) is 16.3. The van der Waals surface area contributed by atoms with Crippen LogP contribution in [0.15, 0.2) is 12.4 Å². The number of aromatic nitrogens is 2. The number of nitrogens with zero attached hydrogens (tertiary/aromatic N) is 2. The Morgan fingerprint density at radius 3 is 2.83 bits per heavy atom. The molecule has 1 aromatic rings. The standard InChI is InChI=1S/C16H28N4O2.ClH/c1-11(6-16(2,3)22-5)19-15(21)14-9-17-8-13(14)12-7-18-20(4)10-12;/h7,10-11,13-14,17H,6,8-9H2,1-5H3,(H,19,21);1H/t11?,13-,14+;/m1./s1. The van der Waals surface area contributed by atoms with Crippen molar-refractivity contribution in [1.29, 1.82) is 0 Å². The van der Waals surface area contributed by atoms with E-state index in [0.717, 1.165) is 18.5 Å². The Morgan fingerprint density at radius 2 is 2.26 bits per heavy atom. The molecule has 0 aliphatic carbocycles. The number of ether oxygens (including phenoxy) is 1. The van der Waals surface area contributed by atoms with E-state index in [9.17, 15) is 4.79 Å². The summed E-state index contributed by atoms with van der Waals surface area (Å²) in [7, 11) is 3.60. The Kier molecular flexibility index (Phi) is 7.04. The van der Waals surface area contributed by atoms with E-state index >= 15 is 0 Å². The molecule has 0 aromatic carbocycles. The third kappa shape index (κ3) is 5.19. The molecule has 1 aliphatic rings. The highest BCUT2D eigenvalue weighted by Crippen LogP contribution is 2.28. The van der Waals surface area contributed by atoms with Crippen molar-refractivity contribution in [3.63, 3.8) is 0 Å². The molecule has 6 nitrogen and oxygen atoms in total. The van der Waals surface area contributed by atoms with E-state index in [1.807, 2.05) is 40.2 Å². The molecule has 0 radical (unpaired) electrons. The van der Waals surface area contributed by atoms with Crippen LogP contribution in [0.1, 0.15) is 38.7 Å². The number of methoxy groups -OCH3 is 1. The largest absolute Gasteiger partial charge is 0.379 e. The van der Waals surface area contributed by atoms with Crippen LogP contribution in [-0.4, -0.2) is 47.5 Å². The SMILES string of the molecule is COC(C)(C)CC(C)NC(=O)[C@H]1CNC[C@@H]1c1cnn(C)c1.Cl.